The van der Waals surface area contributed by atoms with Crippen LogP contribution in [-0.2, 0) is 0 Å². The lowest BCUT2D eigenvalue weighted by Crippen LogP contribution is -2.26. The van der Waals surface area contributed by atoms with Crippen molar-refractivity contribution in [2.75, 3.05) is 5.32 Å². The number of carbonyl (C=O) groups excluding carboxylic acids is 2. The molecule has 1 fully saturated rings. The first kappa shape index (κ1) is 14.8. The third kappa shape index (κ3) is 2.98. The van der Waals surface area contributed by atoms with E-state index in [0.717, 1.165) is 18.4 Å². The third-order valence-corrected chi connectivity index (χ3v) is 4.56. The van der Waals surface area contributed by atoms with Gasteiger partial charge in [0.15, 0.2) is 0 Å². The van der Waals surface area contributed by atoms with Gasteiger partial charge in [0.2, 0.25) is 0 Å². The number of thiophene rings is 1. The normalized spacial score (nSPS) is 13.7. The molecule has 0 atom stereocenters. The van der Waals surface area contributed by atoms with Crippen LogP contribution < -0.4 is 10.6 Å². The average molecular weight is 338 g/mol. The Balaban J connectivity index is 1.55. The number of nitrogens with zero attached hydrogens (tertiary/aromatic N) is 2. The second-order valence-corrected chi connectivity index (χ2v) is 6.53. The highest BCUT2D eigenvalue weighted by Crippen LogP contribution is 2.26. The Bertz CT molecular complexity index is 933. The van der Waals surface area contributed by atoms with Crippen LogP contribution in [0.25, 0.3) is 11.0 Å². The fraction of sp³-hybridized carbons (Fsp3) is 0.176. The fourth-order valence-corrected chi connectivity index (χ4v) is 3.09. The van der Waals surface area contributed by atoms with Crippen molar-refractivity contribution in [3.8, 4) is 0 Å². The summed E-state index contributed by atoms with van der Waals surface area (Å²) in [7, 11) is 0. The van der Waals surface area contributed by atoms with Gasteiger partial charge in [0.1, 0.15) is 10.7 Å². The van der Waals surface area contributed by atoms with Crippen LogP contribution in [0.2, 0.25) is 0 Å². The molecule has 0 unspecified atom stereocenters. The molecule has 2 N–H and O–H groups in total. The average Bonchev–Trinajstić information content (AvgIpc) is 3.29. The van der Waals surface area contributed by atoms with Crippen LogP contribution in [0.4, 0.5) is 5.00 Å². The number of aromatic nitrogens is 2. The molecule has 0 spiro atoms. The van der Waals surface area contributed by atoms with Crippen LogP contribution in [0.15, 0.2) is 41.9 Å². The van der Waals surface area contributed by atoms with Crippen molar-refractivity contribution in [2.45, 2.75) is 18.9 Å². The molecular weight excluding hydrogens is 324 g/mol. The Morgan fingerprint density at radius 1 is 1.08 bits per heavy atom. The maximum absolute atomic E-state index is 12.4. The molecule has 0 aliphatic heterocycles. The summed E-state index contributed by atoms with van der Waals surface area (Å²) in [5, 5.41) is 7.99. The number of hydrogen-bond acceptors (Lipinski definition) is 5. The molecule has 7 heteroatoms. The van der Waals surface area contributed by atoms with Crippen molar-refractivity contribution in [3.05, 3.63) is 53.2 Å². The van der Waals surface area contributed by atoms with E-state index < -0.39 is 0 Å². The maximum atomic E-state index is 12.4. The number of nitrogens with one attached hydrogen (secondary N) is 2. The van der Waals surface area contributed by atoms with Crippen molar-refractivity contribution in [1.82, 2.24) is 15.3 Å². The van der Waals surface area contributed by atoms with Crippen molar-refractivity contribution < 1.29 is 9.59 Å². The lowest BCUT2D eigenvalue weighted by molar-refractivity contribution is 0.0952. The van der Waals surface area contributed by atoms with Crippen LogP contribution >= 0.6 is 11.3 Å². The molecule has 3 aromatic rings. The highest BCUT2D eigenvalue weighted by Gasteiger charge is 2.25. The smallest absolute Gasteiger partial charge is 0.276 e. The zero-order valence-electron chi connectivity index (χ0n) is 12.7. The van der Waals surface area contributed by atoms with Crippen LogP contribution in [0.5, 0.6) is 0 Å². The highest BCUT2D eigenvalue weighted by atomic mass is 32.1. The van der Waals surface area contributed by atoms with E-state index in [1.54, 1.807) is 17.5 Å². The largest absolute Gasteiger partial charge is 0.349 e. The van der Waals surface area contributed by atoms with E-state index in [9.17, 15) is 9.59 Å². The molecule has 0 saturated heterocycles. The number of fused-ring (bicyclic) bond motifs is 1. The van der Waals surface area contributed by atoms with Gasteiger partial charge in [0, 0.05) is 6.04 Å². The molecule has 120 valence electrons. The molecule has 1 aliphatic carbocycles. The van der Waals surface area contributed by atoms with Gasteiger partial charge >= 0.3 is 0 Å². The molecule has 2 heterocycles. The van der Waals surface area contributed by atoms with E-state index in [4.69, 9.17) is 0 Å². The SMILES string of the molecule is O=C(Nc1sccc1C(=O)NC1CC1)c1cnc2ccccc2n1. The van der Waals surface area contributed by atoms with E-state index in [1.807, 2.05) is 18.2 Å². The Hall–Kier alpha value is -2.80. The second kappa shape index (κ2) is 6.01. The van der Waals surface area contributed by atoms with Crippen molar-refractivity contribution in [2.24, 2.45) is 0 Å². The summed E-state index contributed by atoms with van der Waals surface area (Å²) in [6.45, 7) is 0. The van der Waals surface area contributed by atoms with E-state index in [0.29, 0.717) is 16.1 Å². The summed E-state index contributed by atoms with van der Waals surface area (Å²) in [6.07, 6.45) is 3.48. The third-order valence-electron chi connectivity index (χ3n) is 3.73. The van der Waals surface area contributed by atoms with Gasteiger partial charge in [-0.15, -0.1) is 11.3 Å². The van der Waals surface area contributed by atoms with E-state index in [-0.39, 0.29) is 23.6 Å². The quantitative estimate of drug-likeness (QED) is 0.766. The maximum Gasteiger partial charge on any atom is 0.276 e. The zero-order valence-corrected chi connectivity index (χ0v) is 13.5. The topological polar surface area (TPSA) is 84.0 Å². The second-order valence-electron chi connectivity index (χ2n) is 5.61. The molecule has 24 heavy (non-hydrogen) atoms. The van der Waals surface area contributed by atoms with Crippen LogP contribution in [0.1, 0.15) is 33.7 Å². The van der Waals surface area contributed by atoms with Crippen LogP contribution in [0.3, 0.4) is 0 Å². The van der Waals surface area contributed by atoms with Crippen molar-refractivity contribution in [3.63, 3.8) is 0 Å². The molecule has 1 saturated carbocycles. The van der Waals surface area contributed by atoms with Gasteiger partial charge in [-0.1, -0.05) is 12.1 Å². The Morgan fingerprint density at radius 3 is 2.67 bits per heavy atom. The molecule has 2 amide bonds. The molecule has 2 aromatic heterocycles. The molecule has 6 nitrogen and oxygen atoms in total. The molecular formula is C17H14N4O2S. The van der Waals surface area contributed by atoms with E-state index in [1.165, 1.54) is 17.5 Å². The van der Waals surface area contributed by atoms with Gasteiger partial charge in [0.05, 0.1) is 22.8 Å². The molecule has 1 aliphatic rings. The first-order valence-electron chi connectivity index (χ1n) is 7.62. The van der Waals surface area contributed by atoms with Gasteiger partial charge in [-0.25, -0.2) is 4.98 Å². The summed E-state index contributed by atoms with van der Waals surface area (Å²) in [5.41, 5.74) is 2.09. The van der Waals surface area contributed by atoms with Gasteiger partial charge in [0.25, 0.3) is 11.8 Å². The number of carbonyl (C=O) groups is 2. The molecule has 0 radical (unpaired) electrons. The number of amides is 2. The first-order valence-corrected chi connectivity index (χ1v) is 8.50. The van der Waals surface area contributed by atoms with Crippen molar-refractivity contribution in [1.29, 1.82) is 0 Å². The summed E-state index contributed by atoms with van der Waals surface area (Å²) in [5.74, 6) is -0.533. The molecule has 1 aromatic carbocycles. The summed E-state index contributed by atoms with van der Waals surface area (Å²) >= 11 is 1.31. The first-order chi connectivity index (χ1) is 11.7. The fourth-order valence-electron chi connectivity index (χ4n) is 2.31. The van der Waals surface area contributed by atoms with Crippen LogP contribution in [-0.4, -0.2) is 27.8 Å². The Morgan fingerprint density at radius 2 is 1.88 bits per heavy atom. The minimum absolute atomic E-state index is 0.154. The zero-order chi connectivity index (χ0) is 16.5. The standard InChI is InChI=1S/C17H14N4O2S/c22-15(19-10-5-6-10)11-7-8-24-17(11)21-16(23)14-9-18-12-3-1-2-4-13(12)20-14/h1-4,7-10H,5-6H2,(H,19,22)(H,21,23). The minimum atomic E-state index is -0.379. The predicted molar refractivity (Wildman–Crippen MR) is 92.3 cm³/mol. The van der Waals surface area contributed by atoms with Crippen LogP contribution in [0, 0.1) is 0 Å². The molecule has 0 bridgehead atoms. The summed E-state index contributed by atoms with van der Waals surface area (Å²) in [6, 6.07) is 9.34. The lowest BCUT2D eigenvalue weighted by Gasteiger charge is -2.07. The van der Waals surface area contributed by atoms with Gasteiger partial charge < -0.3 is 10.6 Å². The number of rotatable bonds is 4. The monoisotopic (exact) mass is 338 g/mol. The highest BCUT2D eigenvalue weighted by molar-refractivity contribution is 7.14. The number of para-hydroxylation sites is 2. The molecule has 4 rings (SSSR count). The summed E-state index contributed by atoms with van der Waals surface area (Å²) in [4.78, 5) is 33.2. The van der Waals surface area contributed by atoms with Gasteiger partial charge in [-0.05, 0) is 36.4 Å². The number of anilines is 1. The lowest BCUT2D eigenvalue weighted by atomic mass is 10.2. The Kier molecular flexibility index (Phi) is 3.70. The Labute approximate surface area is 141 Å². The van der Waals surface area contributed by atoms with E-state index in [2.05, 4.69) is 20.6 Å². The number of benzene rings is 1. The summed E-state index contributed by atoms with van der Waals surface area (Å²) < 4.78 is 0. The minimum Gasteiger partial charge on any atom is -0.349 e. The van der Waals surface area contributed by atoms with Crippen molar-refractivity contribution >= 4 is 39.2 Å². The number of hydrogen-bond donors (Lipinski definition) is 2. The van der Waals surface area contributed by atoms with E-state index >= 15 is 0 Å². The predicted octanol–water partition coefficient (Wildman–Crippen LogP) is 2.84. The van der Waals surface area contributed by atoms with Gasteiger partial charge in [-0.3, -0.25) is 14.6 Å². The van der Waals surface area contributed by atoms with Gasteiger partial charge in [-0.2, -0.15) is 0 Å².